The maximum Gasteiger partial charge on any atom is 0.264 e. The lowest BCUT2D eigenvalue weighted by atomic mass is 10.0. The Morgan fingerprint density at radius 1 is 0.889 bits per heavy atom. The number of sulfonamides is 1. The topological polar surface area (TPSA) is 96.0 Å². The summed E-state index contributed by atoms with van der Waals surface area (Å²) in [6.45, 7) is 5.11. The fourth-order valence-electron chi connectivity index (χ4n) is 5.00. The summed E-state index contributed by atoms with van der Waals surface area (Å²) in [6, 6.07) is 28.3. The zero-order valence-electron chi connectivity index (χ0n) is 25.8. The number of halogens is 1. The van der Waals surface area contributed by atoms with E-state index in [1.54, 1.807) is 30.3 Å². The van der Waals surface area contributed by atoms with Crippen LogP contribution in [0.4, 0.5) is 5.69 Å². The fourth-order valence-corrected chi connectivity index (χ4v) is 6.60. The molecule has 4 rings (SSSR count). The SMILES string of the molecule is COc1ccc(Cl)cc1N(CC(=O)N(Cc1ccccc1C)[C@H](Cc1ccccc1)C(=O)NC(C)C)S(=O)(=O)c1ccccc1. The zero-order chi connectivity index (χ0) is 32.6. The number of nitrogens with zero attached hydrogens (tertiary/aromatic N) is 2. The molecule has 0 aliphatic heterocycles. The second-order valence-corrected chi connectivity index (χ2v) is 13.3. The van der Waals surface area contributed by atoms with E-state index in [1.165, 1.54) is 30.2 Å². The highest BCUT2D eigenvalue weighted by atomic mass is 35.5. The van der Waals surface area contributed by atoms with E-state index in [2.05, 4.69) is 5.32 Å². The van der Waals surface area contributed by atoms with Gasteiger partial charge in [0.15, 0.2) is 0 Å². The average Bonchev–Trinajstić information content (AvgIpc) is 3.02. The third kappa shape index (κ3) is 8.44. The first-order valence-electron chi connectivity index (χ1n) is 14.6. The molecule has 0 aliphatic carbocycles. The summed E-state index contributed by atoms with van der Waals surface area (Å²) in [6.07, 6.45) is 0.225. The molecule has 0 saturated heterocycles. The molecule has 0 radical (unpaired) electrons. The number of rotatable bonds is 13. The molecule has 0 spiro atoms. The maximum atomic E-state index is 14.6. The third-order valence-corrected chi connectivity index (χ3v) is 9.33. The monoisotopic (exact) mass is 647 g/mol. The van der Waals surface area contributed by atoms with Crippen LogP contribution in [0, 0.1) is 6.92 Å². The molecule has 45 heavy (non-hydrogen) atoms. The number of nitrogens with one attached hydrogen (secondary N) is 1. The van der Waals surface area contributed by atoms with Gasteiger partial charge in [-0.2, -0.15) is 0 Å². The van der Waals surface area contributed by atoms with Crippen LogP contribution >= 0.6 is 11.6 Å². The number of carbonyl (C=O) groups is 2. The van der Waals surface area contributed by atoms with Gasteiger partial charge in [0.1, 0.15) is 18.3 Å². The molecule has 4 aromatic carbocycles. The predicted octanol–water partition coefficient (Wildman–Crippen LogP) is 6.02. The first-order chi connectivity index (χ1) is 21.5. The van der Waals surface area contributed by atoms with Gasteiger partial charge in [-0.15, -0.1) is 0 Å². The summed E-state index contributed by atoms with van der Waals surface area (Å²) < 4.78 is 34.9. The number of hydrogen-bond acceptors (Lipinski definition) is 5. The second-order valence-electron chi connectivity index (χ2n) is 11.0. The Labute approximate surface area is 270 Å². The van der Waals surface area contributed by atoms with Gasteiger partial charge in [-0.1, -0.05) is 84.4 Å². The maximum absolute atomic E-state index is 14.6. The van der Waals surface area contributed by atoms with Gasteiger partial charge in [-0.25, -0.2) is 8.42 Å². The van der Waals surface area contributed by atoms with Crippen molar-refractivity contribution in [3.05, 3.63) is 125 Å². The largest absolute Gasteiger partial charge is 0.495 e. The number of hydrogen-bond donors (Lipinski definition) is 1. The highest BCUT2D eigenvalue weighted by Gasteiger charge is 2.36. The molecule has 10 heteroatoms. The van der Waals surface area contributed by atoms with Gasteiger partial charge in [-0.3, -0.25) is 13.9 Å². The number of amides is 2. The van der Waals surface area contributed by atoms with Crippen LogP contribution in [0.2, 0.25) is 5.02 Å². The summed E-state index contributed by atoms with van der Waals surface area (Å²) in [5.41, 5.74) is 2.72. The van der Waals surface area contributed by atoms with Gasteiger partial charge in [0, 0.05) is 24.0 Å². The fraction of sp³-hybridized carbons (Fsp3) is 0.257. The van der Waals surface area contributed by atoms with E-state index in [9.17, 15) is 18.0 Å². The standard InChI is InChI=1S/C35H38ClN3O5S/c1-25(2)37-35(41)32(21-27-14-7-5-8-15-27)38(23-28-16-12-11-13-26(28)3)34(40)24-39(31-22-29(36)19-20-33(31)44-4)45(42,43)30-17-9-6-10-18-30/h5-20,22,25,32H,21,23-24H2,1-4H3,(H,37,41)/t32-/m1/s1. The predicted molar refractivity (Wildman–Crippen MR) is 178 cm³/mol. The number of carbonyl (C=O) groups excluding carboxylic acids is 2. The molecule has 0 bridgehead atoms. The van der Waals surface area contributed by atoms with E-state index in [-0.39, 0.29) is 46.3 Å². The number of methoxy groups -OCH3 is 1. The molecule has 8 nitrogen and oxygen atoms in total. The highest BCUT2D eigenvalue weighted by molar-refractivity contribution is 7.92. The van der Waals surface area contributed by atoms with Crippen molar-refractivity contribution >= 4 is 39.1 Å². The average molecular weight is 648 g/mol. The van der Waals surface area contributed by atoms with Gasteiger partial charge < -0.3 is 15.0 Å². The van der Waals surface area contributed by atoms with Crippen LogP contribution in [-0.4, -0.2) is 50.9 Å². The Balaban J connectivity index is 1.86. The molecular formula is C35H38ClN3O5S. The number of anilines is 1. The molecular weight excluding hydrogens is 610 g/mol. The van der Waals surface area contributed by atoms with Crippen LogP contribution in [0.1, 0.15) is 30.5 Å². The molecule has 2 amide bonds. The lowest BCUT2D eigenvalue weighted by Gasteiger charge is -2.34. The van der Waals surface area contributed by atoms with E-state index in [0.717, 1.165) is 21.0 Å². The highest BCUT2D eigenvalue weighted by Crippen LogP contribution is 2.35. The molecule has 0 fully saturated rings. The van der Waals surface area contributed by atoms with Crippen molar-refractivity contribution in [1.82, 2.24) is 10.2 Å². The van der Waals surface area contributed by atoms with Crippen LogP contribution in [-0.2, 0) is 32.6 Å². The minimum atomic E-state index is -4.29. The van der Waals surface area contributed by atoms with E-state index in [0.29, 0.717) is 0 Å². The molecule has 0 aliphatic rings. The molecule has 1 atom stereocenters. The minimum absolute atomic E-state index is 0.0105. The minimum Gasteiger partial charge on any atom is -0.495 e. The second kappa shape index (κ2) is 15.1. The Morgan fingerprint density at radius 3 is 2.13 bits per heavy atom. The van der Waals surface area contributed by atoms with Crippen LogP contribution in [0.5, 0.6) is 5.75 Å². The Morgan fingerprint density at radius 2 is 1.51 bits per heavy atom. The summed E-state index contributed by atoms with van der Waals surface area (Å²) in [7, 11) is -2.88. The Hall–Kier alpha value is -4.34. The van der Waals surface area contributed by atoms with Crippen LogP contribution < -0.4 is 14.4 Å². The van der Waals surface area contributed by atoms with Crippen molar-refractivity contribution in [3.8, 4) is 5.75 Å². The molecule has 1 N–H and O–H groups in total. The van der Waals surface area contributed by atoms with Crippen molar-refractivity contribution in [3.63, 3.8) is 0 Å². The lowest BCUT2D eigenvalue weighted by molar-refractivity contribution is -0.140. The van der Waals surface area contributed by atoms with Gasteiger partial charge in [0.2, 0.25) is 11.8 Å². The van der Waals surface area contributed by atoms with E-state index in [1.807, 2.05) is 75.4 Å². The summed E-state index contributed by atoms with van der Waals surface area (Å²) in [5, 5.41) is 3.23. The number of benzene rings is 4. The quantitative estimate of drug-likeness (QED) is 0.192. The molecule has 0 aromatic heterocycles. The summed E-state index contributed by atoms with van der Waals surface area (Å²) >= 11 is 6.34. The van der Waals surface area contributed by atoms with Crippen LogP contribution in [0.15, 0.2) is 108 Å². The van der Waals surface area contributed by atoms with Crippen LogP contribution in [0.25, 0.3) is 0 Å². The molecule has 0 saturated carbocycles. The van der Waals surface area contributed by atoms with Gasteiger partial charge in [0.25, 0.3) is 10.0 Å². The van der Waals surface area contributed by atoms with Gasteiger partial charge in [-0.05, 0) is 67.8 Å². The lowest BCUT2D eigenvalue weighted by Crippen LogP contribution is -2.54. The Kier molecular flexibility index (Phi) is 11.3. The zero-order valence-corrected chi connectivity index (χ0v) is 27.4. The van der Waals surface area contributed by atoms with E-state index < -0.39 is 28.5 Å². The molecule has 0 heterocycles. The van der Waals surface area contributed by atoms with E-state index >= 15 is 0 Å². The van der Waals surface area contributed by atoms with Crippen molar-refractivity contribution in [2.24, 2.45) is 0 Å². The first kappa shape index (κ1) is 33.6. The van der Waals surface area contributed by atoms with Crippen molar-refractivity contribution < 1.29 is 22.7 Å². The first-order valence-corrected chi connectivity index (χ1v) is 16.4. The smallest absolute Gasteiger partial charge is 0.264 e. The molecule has 236 valence electrons. The van der Waals surface area contributed by atoms with Crippen molar-refractivity contribution in [1.29, 1.82) is 0 Å². The molecule has 4 aromatic rings. The van der Waals surface area contributed by atoms with Crippen LogP contribution in [0.3, 0.4) is 0 Å². The molecule has 0 unspecified atom stereocenters. The van der Waals surface area contributed by atoms with E-state index in [4.69, 9.17) is 16.3 Å². The van der Waals surface area contributed by atoms with Crippen molar-refractivity contribution in [2.75, 3.05) is 18.0 Å². The van der Waals surface area contributed by atoms with Gasteiger partial charge in [0.05, 0.1) is 17.7 Å². The third-order valence-electron chi connectivity index (χ3n) is 7.32. The summed E-state index contributed by atoms with van der Waals surface area (Å²) in [4.78, 5) is 29.9. The number of ether oxygens (including phenoxy) is 1. The normalized spacial score (nSPS) is 12.0. The van der Waals surface area contributed by atoms with Crippen molar-refractivity contribution in [2.45, 2.75) is 50.7 Å². The summed E-state index contributed by atoms with van der Waals surface area (Å²) in [5.74, 6) is -0.691. The van der Waals surface area contributed by atoms with Gasteiger partial charge >= 0.3 is 0 Å². The Bertz CT molecular complexity index is 1720. The number of aryl methyl sites for hydroxylation is 1.